The zero-order chi connectivity index (χ0) is 19.5. The lowest BCUT2D eigenvalue weighted by Crippen LogP contribution is -2.39. The Morgan fingerprint density at radius 3 is 2.32 bits per heavy atom. The SMILES string of the molecule is COc1cccc(C(c2cc3c(cc2O)OCCO3)N2CCOCC2)c1OC. The molecule has 2 aliphatic heterocycles. The van der Waals surface area contributed by atoms with Gasteiger partial charge in [0, 0.05) is 30.3 Å². The number of phenolic OH excluding ortho intramolecular Hbond substituents is 1. The van der Waals surface area contributed by atoms with Gasteiger partial charge in [-0.05, 0) is 12.1 Å². The van der Waals surface area contributed by atoms with Crippen LogP contribution in [0.15, 0.2) is 30.3 Å². The van der Waals surface area contributed by atoms with E-state index in [9.17, 15) is 5.11 Å². The monoisotopic (exact) mass is 387 g/mol. The zero-order valence-electron chi connectivity index (χ0n) is 16.1. The van der Waals surface area contributed by atoms with Crippen molar-refractivity contribution in [2.24, 2.45) is 0 Å². The molecule has 150 valence electrons. The number of phenols is 1. The number of fused-ring (bicyclic) bond motifs is 1. The molecular weight excluding hydrogens is 362 g/mol. The molecule has 1 unspecified atom stereocenters. The molecule has 7 heteroatoms. The molecule has 2 aromatic rings. The van der Waals surface area contributed by atoms with Crippen LogP contribution in [0.2, 0.25) is 0 Å². The highest BCUT2D eigenvalue weighted by atomic mass is 16.6. The summed E-state index contributed by atoms with van der Waals surface area (Å²) in [5, 5.41) is 10.9. The predicted octanol–water partition coefficient (Wildman–Crippen LogP) is 2.60. The number of nitrogens with zero attached hydrogens (tertiary/aromatic N) is 1. The van der Waals surface area contributed by atoms with Gasteiger partial charge in [0.05, 0.1) is 33.5 Å². The van der Waals surface area contributed by atoms with Crippen molar-refractivity contribution in [1.29, 1.82) is 0 Å². The van der Waals surface area contributed by atoms with Gasteiger partial charge in [-0.15, -0.1) is 0 Å². The van der Waals surface area contributed by atoms with E-state index in [1.54, 1.807) is 20.3 Å². The maximum atomic E-state index is 10.9. The summed E-state index contributed by atoms with van der Waals surface area (Å²) in [5.74, 6) is 2.65. The van der Waals surface area contributed by atoms with Gasteiger partial charge in [-0.2, -0.15) is 0 Å². The van der Waals surface area contributed by atoms with E-state index in [0.717, 1.165) is 24.2 Å². The number of para-hydroxylation sites is 1. The molecule has 7 nitrogen and oxygen atoms in total. The third kappa shape index (κ3) is 3.43. The topological polar surface area (TPSA) is 69.6 Å². The molecule has 0 spiro atoms. The van der Waals surface area contributed by atoms with Crippen LogP contribution in [-0.4, -0.2) is 63.7 Å². The first-order chi connectivity index (χ1) is 13.7. The first kappa shape index (κ1) is 18.7. The summed E-state index contributed by atoms with van der Waals surface area (Å²) in [7, 11) is 3.24. The maximum Gasteiger partial charge on any atom is 0.165 e. The number of ether oxygens (including phenoxy) is 5. The summed E-state index contributed by atoms with van der Waals surface area (Å²) in [6.45, 7) is 3.70. The van der Waals surface area contributed by atoms with E-state index in [0.29, 0.717) is 49.4 Å². The number of benzene rings is 2. The molecule has 2 aliphatic rings. The van der Waals surface area contributed by atoms with Crippen LogP contribution in [0.4, 0.5) is 0 Å². The van der Waals surface area contributed by atoms with Crippen LogP contribution >= 0.6 is 0 Å². The molecule has 28 heavy (non-hydrogen) atoms. The smallest absolute Gasteiger partial charge is 0.165 e. The summed E-state index contributed by atoms with van der Waals surface area (Å²) in [5.41, 5.74) is 1.65. The number of methoxy groups -OCH3 is 2. The van der Waals surface area contributed by atoms with Crippen molar-refractivity contribution in [2.45, 2.75) is 6.04 Å². The van der Waals surface area contributed by atoms with Gasteiger partial charge in [-0.3, -0.25) is 4.90 Å². The molecule has 1 saturated heterocycles. The largest absolute Gasteiger partial charge is 0.507 e. The minimum absolute atomic E-state index is 0.158. The third-order valence-corrected chi connectivity index (χ3v) is 5.12. The number of morpholine rings is 1. The molecule has 0 aliphatic carbocycles. The molecular formula is C21H25NO6. The van der Waals surface area contributed by atoms with E-state index in [1.807, 2.05) is 24.3 Å². The van der Waals surface area contributed by atoms with Crippen LogP contribution in [-0.2, 0) is 4.74 Å². The molecule has 2 aromatic carbocycles. The van der Waals surface area contributed by atoms with Crippen LogP contribution in [0.25, 0.3) is 0 Å². The zero-order valence-corrected chi connectivity index (χ0v) is 16.1. The average Bonchev–Trinajstić information content (AvgIpc) is 2.74. The quantitative estimate of drug-likeness (QED) is 0.846. The molecule has 0 radical (unpaired) electrons. The first-order valence-electron chi connectivity index (χ1n) is 9.38. The second-order valence-electron chi connectivity index (χ2n) is 6.69. The summed E-state index contributed by atoms with van der Waals surface area (Å²) in [6, 6.07) is 9.04. The van der Waals surface area contributed by atoms with Crippen molar-refractivity contribution < 1.29 is 28.8 Å². The first-order valence-corrected chi connectivity index (χ1v) is 9.38. The molecule has 0 bridgehead atoms. The van der Waals surface area contributed by atoms with Gasteiger partial charge in [0.1, 0.15) is 19.0 Å². The summed E-state index contributed by atoms with van der Waals surface area (Å²) < 4.78 is 28.1. The highest BCUT2D eigenvalue weighted by Crippen LogP contribution is 2.46. The Bertz CT molecular complexity index is 834. The number of hydrogen-bond acceptors (Lipinski definition) is 7. The van der Waals surface area contributed by atoms with Crippen LogP contribution < -0.4 is 18.9 Å². The maximum absolute atomic E-state index is 10.9. The fourth-order valence-corrected chi connectivity index (χ4v) is 3.84. The summed E-state index contributed by atoms with van der Waals surface area (Å²) in [6.07, 6.45) is 0. The molecule has 0 amide bonds. The Hall–Kier alpha value is -2.64. The van der Waals surface area contributed by atoms with Gasteiger partial charge >= 0.3 is 0 Å². The molecule has 1 N–H and O–H groups in total. The Balaban J connectivity index is 1.86. The molecule has 0 saturated carbocycles. The third-order valence-electron chi connectivity index (χ3n) is 5.12. The van der Waals surface area contributed by atoms with Gasteiger partial charge in [0.2, 0.25) is 0 Å². The van der Waals surface area contributed by atoms with Crippen molar-refractivity contribution in [2.75, 3.05) is 53.7 Å². The van der Waals surface area contributed by atoms with Crippen LogP contribution in [0.3, 0.4) is 0 Å². The van der Waals surface area contributed by atoms with Crippen molar-refractivity contribution in [3.05, 3.63) is 41.5 Å². The minimum Gasteiger partial charge on any atom is -0.507 e. The molecule has 4 rings (SSSR count). The van der Waals surface area contributed by atoms with E-state index < -0.39 is 0 Å². The molecule has 0 aromatic heterocycles. The van der Waals surface area contributed by atoms with Crippen LogP contribution in [0.5, 0.6) is 28.7 Å². The van der Waals surface area contributed by atoms with Gasteiger partial charge in [0.25, 0.3) is 0 Å². The minimum atomic E-state index is -0.246. The van der Waals surface area contributed by atoms with Gasteiger partial charge in [-0.1, -0.05) is 12.1 Å². The highest BCUT2D eigenvalue weighted by molar-refractivity contribution is 5.57. The average molecular weight is 387 g/mol. The Morgan fingerprint density at radius 1 is 0.929 bits per heavy atom. The fourth-order valence-electron chi connectivity index (χ4n) is 3.84. The predicted molar refractivity (Wildman–Crippen MR) is 103 cm³/mol. The highest BCUT2D eigenvalue weighted by Gasteiger charge is 2.31. The van der Waals surface area contributed by atoms with Crippen LogP contribution in [0, 0.1) is 0 Å². The Kier molecular flexibility index (Phi) is 5.45. The Morgan fingerprint density at radius 2 is 1.64 bits per heavy atom. The molecule has 1 atom stereocenters. The van der Waals surface area contributed by atoms with Crippen molar-refractivity contribution >= 4 is 0 Å². The summed E-state index contributed by atoms with van der Waals surface area (Å²) >= 11 is 0. The van der Waals surface area contributed by atoms with E-state index in [2.05, 4.69) is 4.90 Å². The second kappa shape index (κ2) is 8.16. The van der Waals surface area contributed by atoms with E-state index in [1.165, 1.54) is 0 Å². The van der Waals surface area contributed by atoms with Gasteiger partial charge in [-0.25, -0.2) is 0 Å². The van der Waals surface area contributed by atoms with Gasteiger partial charge in [0.15, 0.2) is 23.0 Å². The molecule has 2 heterocycles. The lowest BCUT2D eigenvalue weighted by Gasteiger charge is -2.36. The van der Waals surface area contributed by atoms with E-state index >= 15 is 0 Å². The van der Waals surface area contributed by atoms with E-state index in [-0.39, 0.29) is 11.8 Å². The van der Waals surface area contributed by atoms with Crippen molar-refractivity contribution in [3.8, 4) is 28.7 Å². The fraction of sp³-hybridized carbons (Fsp3) is 0.429. The molecule has 1 fully saturated rings. The summed E-state index contributed by atoms with van der Waals surface area (Å²) in [4.78, 5) is 2.27. The second-order valence-corrected chi connectivity index (χ2v) is 6.69. The lowest BCUT2D eigenvalue weighted by molar-refractivity contribution is 0.0230. The lowest BCUT2D eigenvalue weighted by atomic mass is 9.94. The van der Waals surface area contributed by atoms with Gasteiger partial charge < -0.3 is 28.8 Å². The van der Waals surface area contributed by atoms with Crippen LogP contribution in [0.1, 0.15) is 17.2 Å². The van der Waals surface area contributed by atoms with E-state index in [4.69, 9.17) is 23.7 Å². The Labute approximate surface area is 164 Å². The van der Waals surface area contributed by atoms with Crippen molar-refractivity contribution in [3.63, 3.8) is 0 Å². The number of aromatic hydroxyl groups is 1. The number of rotatable bonds is 5. The number of hydrogen-bond donors (Lipinski definition) is 1. The van der Waals surface area contributed by atoms with Crippen molar-refractivity contribution in [1.82, 2.24) is 4.90 Å². The normalized spacial score (nSPS) is 17.8. The standard InChI is InChI=1S/C21H25NO6/c1-24-17-5-3-4-14(21(17)25-2)20(22-6-8-26-9-7-22)15-12-18-19(13-16(15)23)28-11-10-27-18/h3-5,12-13,20,23H,6-11H2,1-2H3.